The lowest BCUT2D eigenvalue weighted by atomic mass is 10.2. The molecule has 4 heteroatoms. The standard InChI is InChI=1S/C9H17NO3/c1-7(11)6-10-9(12)5-4-8(2)13-3/h8H,4-6H2,1-3H3,(H,10,12). The van der Waals surface area contributed by atoms with E-state index in [1.807, 2.05) is 6.92 Å². The van der Waals surface area contributed by atoms with Gasteiger partial charge < -0.3 is 10.1 Å². The van der Waals surface area contributed by atoms with E-state index in [0.29, 0.717) is 12.8 Å². The van der Waals surface area contributed by atoms with Crippen LogP contribution in [0, 0.1) is 0 Å². The molecule has 76 valence electrons. The number of carbonyl (C=O) groups excluding carboxylic acids is 2. The molecule has 0 aromatic heterocycles. The fourth-order valence-corrected chi connectivity index (χ4v) is 0.764. The van der Waals surface area contributed by atoms with Gasteiger partial charge in [0, 0.05) is 13.5 Å². The highest BCUT2D eigenvalue weighted by atomic mass is 16.5. The number of ether oxygens (including phenoxy) is 1. The Kier molecular flexibility index (Phi) is 6.14. The molecule has 13 heavy (non-hydrogen) atoms. The van der Waals surface area contributed by atoms with Crippen molar-refractivity contribution >= 4 is 11.7 Å². The average molecular weight is 187 g/mol. The lowest BCUT2D eigenvalue weighted by Gasteiger charge is -2.08. The molecule has 1 N–H and O–H groups in total. The summed E-state index contributed by atoms with van der Waals surface area (Å²) in [6, 6.07) is 0. The molecule has 0 fully saturated rings. The molecule has 0 heterocycles. The van der Waals surface area contributed by atoms with Crippen molar-refractivity contribution < 1.29 is 14.3 Å². The number of hydrogen-bond donors (Lipinski definition) is 1. The maximum absolute atomic E-state index is 11.0. The molecule has 0 aliphatic carbocycles. The van der Waals surface area contributed by atoms with Crippen molar-refractivity contribution in [3.8, 4) is 0 Å². The summed E-state index contributed by atoms with van der Waals surface area (Å²) >= 11 is 0. The minimum Gasteiger partial charge on any atom is -0.382 e. The maximum Gasteiger partial charge on any atom is 0.220 e. The molecule has 1 atom stereocenters. The van der Waals surface area contributed by atoms with Crippen LogP contribution in [0.2, 0.25) is 0 Å². The maximum atomic E-state index is 11.0. The van der Waals surface area contributed by atoms with E-state index in [0.717, 1.165) is 0 Å². The summed E-state index contributed by atoms with van der Waals surface area (Å²) in [5, 5.41) is 2.52. The molecule has 0 bridgehead atoms. The highest BCUT2D eigenvalue weighted by molar-refractivity contribution is 5.84. The topological polar surface area (TPSA) is 55.4 Å². The van der Waals surface area contributed by atoms with Gasteiger partial charge in [-0.15, -0.1) is 0 Å². The van der Waals surface area contributed by atoms with Crippen molar-refractivity contribution in [3.63, 3.8) is 0 Å². The minimum atomic E-state index is -0.0981. The SMILES string of the molecule is COC(C)CCC(=O)NCC(C)=O. The zero-order chi connectivity index (χ0) is 10.3. The summed E-state index contributed by atoms with van der Waals surface area (Å²) < 4.78 is 4.98. The Hall–Kier alpha value is -0.900. The van der Waals surface area contributed by atoms with E-state index in [1.165, 1.54) is 6.92 Å². The second-order valence-electron chi connectivity index (χ2n) is 3.06. The third-order valence-corrected chi connectivity index (χ3v) is 1.71. The highest BCUT2D eigenvalue weighted by Crippen LogP contribution is 1.98. The summed E-state index contributed by atoms with van der Waals surface area (Å²) in [7, 11) is 1.61. The normalized spacial score (nSPS) is 12.2. The fraction of sp³-hybridized carbons (Fsp3) is 0.778. The molecule has 0 spiro atoms. The first-order valence-electron chi connectivity index (χ1n) is 4.35. The van der Waals surface area contributed by atoms with Gasteiger partial charge in [-0.2, -0.15) is 0 Å². The molecule has 0 aliphatic rings. The Balaban J connectivity index is 3.46. The molecule has 1 amide bonds. The number of amides is 1. The highest BCUT2D eigenvalue weighted by Gasteiger charge is 2.05. The fourth-order valence-electron chi connectivity index (χ4n) is 0.764. The second-order valence-corrected chi connectivity index (χ2v) is 3.06. The summed E-state index contributed by atoms with van der Waals surface area (Å²) in [6.07, 6.45) is 1.17. The predicted molar refractivity (Wildman–Crippen MR) is 49.4 cm³/mol. The van der Waals surface area contributed by atoms with Gasteiger partial charge >= 0.3 is 0 Å². The van der Waals surface area contributed by atoms with Gasteiger partial charge in [0.25, 0.3) is 0 Å². The van der Waals surface area contributed by atoms with E-state index in [4.69, 9.17) is 4.74 Å². The molecule has 4 nitrogen and oxygen atoms in total. The minimum absolute atomic E-state index is 0.0341. The zero-order valence-electron chi connectivity index (χ0n) is 8.42. The van der Waals surface area contributed by atoms with E-state index >= 15 is 0 Å². The third kappa shape index (κ3) is 7.46. The van der Waals surface area contributed by atoms with Crippen LogP contribution in [0.15, 0.2) is 0 Å². The van der Waals surface area contributed by atoms with Gasteiger partial charge in [0.2, 0.25) is 5.91 Å². The lowest BCUT2D eigenvalue weighted by Crippen LogP contribution is -2.28. The Morgan fingerprint density at radius 1 is 1.46 bits per heavy atom. The van der Waals surface area contributed by atoms with Gasteiger partial charge in [-0.25, -0.2) is 0 Å². The predicted octanol–water partition coefficient (Wildman–Crippen LogP) is 0.507. The van der Waals surface area contributed by atoms with Crippen LogP contribution in [0.4, 0.5) is 0 Å². The van der Waals surface area contributed by atoms with Crippen molar-refractivity contribution in [1.29, 1.82) is 0 Å². The number of carbonyl (C=O) groups is 2. The summed E-state index contributed by atoms with van der Waals surface area (Å²) in [6.45, 7) is 3.47. The lowest BCUT2D eigenvalue weighted by molar-refractivity contribution is -0.124. The van der Waals surface area contributed by atoms with Crippen LogP contribution < -0.4 is 5.32 Å². The summed E-state index contributed by atoms with van der Waals surface area (Å²) in [5.74, 6) is -0.132. The molecule has 0 saturated carbocycles. The van der Waals surface area contributed by atoms with Gasteiger partial charge in [0.1, 0.15) is 5.78 Å². The van der Waals surface area contributed by atoms with Crippen LogP contribution in [0.25, 0.3) is 0 Å². The van der Waals surface area contributed by atoms with Gasteiger partial charge in [0.15, 0.2) is 0 Å². The number of hydrogen-bond acceptors (Lipinski definition) is 3. The van der Waals surface area contributed by atoms with Gasteiger partial charge in [-0.05, 0) is 20.3 Å². The van der Waals surface area contributed by atoms with E-state index in [1.54, 1.807) is 7.11 Å². The molecular formula is C9H17NO3. The molecule has 0 radical (unpaired) electrons. The Labute approximate surface area is 78.6 Å². The Bertz CT molecular complexity index is 180. The molecule has 1 unspecified atom stereocenters. The Morgan fingerprint density at radius 2 is 2.08 bits per heavy atom. The van der Waals surface area contributed by atoms with Crippen LogP contribution >= 0.6 is 0 Å². The van der Waals surface area contributed by atoms with Crippen LogP contribution in [-0.2, 0) is 14.3 Å². The average Bonchev–Trinajstić information content (AvgIpc) is 2.10. The van der Waals surface area contributed by atoms with Crippen LogP contribution in [0.3, 0.4) is 0 Å². The molecular weight excluding hydrogens is 170 g/mol. The monoisotopic (exact) mass is 187 g/mol. The van der Waals surface area contributed by atoms with E-state index in [9.17, 15) is 9.59 Å². The number of ketones is 1. The van der Waals surface area contributed by atoms with Gasteiger partial charge in [0.05, 0.1) is 12.6 Å². The van der Waals surface area contributed by atoms with Gasteiger partial charge in [-0.3, -0.25) is 9.59 Å². The van der Waals surface area contributed by atoms with Crippen molar-refractivity contribution in [2.45, 2.75) is 32.8 Å². The first kappa shape index (κ1) is 12.1. The quantitative estimate of drug-likeness (QED) is 0.659. The third-order valence-electron chi connectivity index (χ3n) is 1.71. The van der Waals surface area contributed by atoms with E-state index in [2.05, 4.69) is 5.32 Å². The van der Waals surface area contributed by atoms with Gasteiger partial charge in [-0.1, -0.05) is 0 Å². The Morgan fingerprint density at radius 3 is 2.54 bits per heavy atom. The second kappa shape index (κ2) is 6.60. The summed E-state index contributed by atoms with van der Waals surface area (Å²) in [5.41, 5.74) is 0. The number of nitrogens with one attached hydrogen (secondary N) is 1. The molecule has 0 aromatic carbocycles. The zero-order valence-corrected chi connectivity index (χ0v) is 8.42. The van der Waals surface area contributed by atoms with Crippen molar-refractivity contribution in [2.75, 3.05) is 13.7 Å². The smallest absolute Gasteiger partial charge is 0.220 e. The largest absolute Gasteiger partial charge is 0.382 e. The van der Waals surface area contributed by atoms with E-state index in [-0.39, 0.29) is 24.3 Å². The van der Waals surface area contributed by atoms with Crippen molar-refractivity contribution in [3.05, 3.63) is 0 Å². The molecule has 0 saturated heterocycles. The van der Waals surface area contributed by atoms with E-state index < -0.39 is 0 Å². The van der Waals surface area contributed by atoms with Crippen LogP contribution in [0.1, 0.15) is 26.7 Å². The van der Waals surface area contributed by atoms with Crippen LogP contribution in [0.5, 0.6) is 0 Å². The molecule has 0 rings (SSSR count). The first-order valence-corrected chi connectivity index (χ1v) is 4.35. The van der Waals surface area contributed by atoms with Crippen molar-refractivity contribution in [1.82, 2.24) is 5.32 Å². The number of rotatable bonds is 6. The molecule has 0 aliphatic heterocycles. The van der Waals surface area contributed by atoms with Crippen molar-refractivity contribution in [2.24, 2.45) is 0 Å². The summed E-state index contributed by atoms with van der Waals surface area (Å²) in [4.78, 5) is 21.6. The number of methoxy groups -OCH3 is 1. The first-order chi connectivity index (χ1) is 6.06. The van der Waals surface area contributed by atoms with Crippen LogP contribution in [-0.4, -0.2) is 31.4 Å². The molecule has 0 aromatic rings. The number of Topliss-reactive ketones (excluding diaryl/α,β-unsaturated/α-hetero) is 1.